The van der Waals surface area contributed by atoms with Gasteiger partial charge in [0, 0.05) is 17.0 Å². The Morgan fingerprint density at radius 1 is 1.13 bits per heavy atom. The minimum Gasteiger partial charge on any atom is -0.479 e. The van der Waals surface area contributed by atoms with Crippen molar-refractivity contribution >= 4 is 17.6 Å². The molecule has 0 fully saturated rings. The van der Waals surface area contributed by atoms with Crippen LogP contribution >= 0.6 is 11.6 Å². The van der Waals surface area contributed by atoms with Crippen LogP contribution in [-0.4, -0.2) is 23.8 Å². The largest absolute Gasteiger partial charge is 0.479 e. The van der Waals surface area contributed by atoms with E-state index in [4.69, 9.17) is 16.3 Å². The Bertz CT molecular complexity index is 684. The Morgan fingerprint density at radius 2 is 1.83 bits per heavy atom. The third-order valence-electron chi connectivity index (χ3n) is 3.19. The first-order valence-corrected chi connectivity index (χ1v) is 7.66. The number of carboxylic acids is 1. The smallest absolute Gasteiger partial charge is 0.333 e. The van der Waals surface area contributed by atoms with Gasteiger partial charge in [-0.2, -0.15) is 0 Å². The minimum absolute atomic E-state index is 0.146. The second-order valence-electron chi connectivity index (χ2n) is 4.95. The fourth-order valence-electron chi connectivity index (χ4n) is 1.96. The summed E-state index contributed by atoms with van der Waals surface area (Å²) in [5.41, 5.74) is 1.91. The van der Waals surface area contributed by atoms with Crippen LogP contribution in [0.25, 0.3) is 0 Å². The second-order valence-corrected chi connectivity index (χ2v) is 5.38. The van der Waals surface area contributed by atoms with E-state index in [9.17, 15) is 9.90 Å². The molecule has 0 saturated heterocycles. The first-order chi connectivity index (χ1) is 11.1. The molecule has 0 heterocycles. The molecule has 118 valence electrons. The summed E-state index contributed by atoms with van der Waals surface area (Å²) in [5.74, 6) is 4.77. The van der Waals surface area contributed by atoms with Gasteiger partial charge in [0.1, 0.15) is 0 Å². The van der Waals surface area contributed by atoms with Crippen molar-refractivity contribution in [2.75, 3.05) is 6.61 Å². The number of hydrogen-bond acceptors (Lipinski definition) is 2. The van der Waals surface area contributed by atoms with E-state index in [1.807, 2.05) is 30.3 Å². The quantitative estimate of drug-likeness (QED) is 0.821. The topological polar surface area (TPSA) is 46.5 Å². The highest BCUT2D eigenvalue weighted by Crippen LogP contribution is 2.09. The van der Waals surface area contributed by atoms with E-state index >= 15 is 0 Å². The minimum atomic E-state index is -0.997. The van der Waals surface area contributed by atoms with Crippen molar-refractivity contribution in [2.45, 2.75) is 18.9 Å². The molecular formula is C19H17ClO3. The SMILES string of the molecule is O=C(O)C(CC#Cc1ccc(Cl)cc1)OCCc1ccccc1. The lowest BCUT2D eigenvalue weighted by molar-refractivity contribution is -0.149. The second kappa shape index (κ2) is 8.99. The number of carboxylic acid groups (broad SMARTS) is 1. The number of aliphatic carboxylic acids is 1. The van der Waals surface area contributed by atoms with Crippen LogP contribution in [0.3, 0.4) is 0 Å². The maximum atomic E-state index is 11.2. The molecule has 1 unspecified atom stereocenters. The molecule has 0 aliphatic heterocycles. The van der Waals surface area contributed by atoms with Crippen LogP contribution in [0.2, 0.25) is 5.02 Å². The van der Waals surface area contributed by atoms with Crippen molar-refractivity contribution in [3.63, 3.8) is 0 Å². The number of ether oxygens (including phenoxy) is 1. The molecular weight excluding hydrogens is 312 g/mol. The first-order valence-electron chi connectivity index (χ1n) is 7.28. The van der Waals surface area contributed by atoms with Crippen LogP contribution in [-0.2, 0) is 16.0 Å². The van der Waals surface area contributed by atoms with Gasteiger partial charge in [-0.05, 0) is 36.2 Å². The summed E-state index contributed by atoms with van der Waals surface area (Å²) in [7, 11) is 0. The normalized spacial score (nSPS) is 11.3. The van der Waals surface area contributed by atoms with Crippen molar-refractivity contribution < 1.29 is 14.6 Å². The molecule has 0 spiro atoms. The number of carbonyl (C=O) groups is 1. The highest BCUT2D eigenvalue weighted by Gasteiger charge is 2.16. The van der Waals surface area contributed by atoms with Crippen LogP contribution in [0.1, 0.15) is 17.5 Å². The highest BCUT2D eigenvalue weighted by atomic mass is 35.5. The van der Waals surface area contributed by atoms with E-state index in [0.29, 0.717) is 18.1 Å². The fourth-order valence-corrected chi connectivity index (χ4v) is 2.09. The predicted octanol–water partition coefficient (Wildman–Crippen LogP) is 3.79. The highest BCUT2D eigenvalue weighted by molar-refractivity contribution is 6.30. The summed E-state index contributed by atoms with van der Waals surface area (Å²) < 4.78 is 5.44. The molecule has 3 nitrogen and oxygen atoms in total. The number of benzene rings is 2. The van der Waals surface area contributed by atoms with Crippen molar-refractivity contribution in [3.05, 3.63) is 70.7 Å². The van der Waals surface area contributed by atoms with Crippen LogP contribution in [0.15, 0.2) is 54.6 Å². The Hall–Kier alpha value is -2.28. The van der Waals surface area contributed by atoms with Crippen LogP contribution in [0.5, 0.6) is 0 Å². The zero-order valence-electron chi connectivity index (χ0n) is 12.5. The number of halogens is 1. The van der Waals surface area contributed by atoms with Crippen LogP contribution in [0, 0.1) is 11.8 Å². The fraction of sp³-hybridized carbons (Fsp3) is 0.211. The third kappa shape index (κ3) is 6.15. The molecule has 0 aliphatic rings. The van der Waals surface area contributed by atoms with Crippen LogP contribution in [0.4, 0.5) is 0 Å². The zero-order valence-corrected chi connectivity index (χ0v) is 13.3. The van der Waals surface area contributed by atoms with Gasteiger partial charge in [-0.25, -0.2) is 4.79 Å². The van der Waals surface area contributed by atoms with Gasteiger partial charge in [0.2, 0.25) is 0 Å². The standard InChI is InChI=1S/C19H17ClO3/c20-17-11-9-16(10-12-17)7-4-8-18(19(21)22)23-14-13-15-5-2-1-3-6-15/h1-3,5-6,9-12,18H,8,13-14H2,(H,21,22). The van der Waals surface area contributed by atoms with E-state index in [1.54, 1.807) is 24.3 Å². The van der Waals surface area contributed by atoms with Crippen molar-refractivity contribution in [1.29, 1.82) is 0 Å². The van der Waals surface area contributed by atoms with Gasteiger partial charge in [0.15, 0.2) is 6.10 Å². The van der Waals surface area contributed by atoms with Gasteiger partial charge < -0.3 is 9.84 Å². The molecule has 0 amide bonds. The predicted molar refractivity (Wildman–Crippen MR) is 90.5 cm³/mol. The zero-order chi connectivity index (χ0) is 16.5. The summed E-state index contributed by atoms with van der Waals surface area (Å²) in [6.45, 7) is 0.351. The Morgan fingerprint density at radius 3 is 2.48 bits per heavy atom. The van der Waals surface area contributed by atoms with Crippen molar-refractivity contribution in [1.82, 2.24) is 0 Å². The summed E-state index contributed by atoms with van der Waals surface area (Å²) in [6.07, 6.45) is -0.0966. The summed E-state index contributed by atoms with van der Waals surface area (Å²) in [5, 5.41) is 9.84. The molecule has 0 aliphatic carbocycles. The summed E-state index contributed by atoms with van der Waals surface area (Å²) in [6, 6.07) is 16.9. The number of hydrogen-bond donors (Lipinski definition) is 1. The van der Waals surface area contributed by atoms with Crippen LogP contribution < -0.4 is 0 Å². The molecule has 0 bridgehead atoms. The molecule has 2 rings (SSSR count). The van der Waals surface area contributed by atoms with Gasteiger partial charge in [-0.3, -0.25) is 0 Å². The first kappa shape index (κ1) is 17.1. The van der Waals surface area contributed by atoms with Gasteiger partial charge in [0.05, 0.1) is 6.61 Å². The maximum absolute atomic E-state index is 11.2. The molecule has 1 atom stereocenters. The van der Waals surface area contributed by atoms with Gasteiger partial charge in [0.25, 0.3) is 0 Å². The van der Waals surface area contributed by atoms with E-state index in [1.165, 1.54) is 0 Å². The third-order valence-corrected chi connectivity index (χ3v) is 3.44. The lowest BCUT2D eigenvalue weighted by Gasteiger charge is -2.10. The van der Waals surface area contributed by atoms with Gasteiger partial charge >= 0.3 is 5.97 Å². The Balaban J connectivity index is 1.84. The van der Waals surface area contributed by atoms with E-state index < -0.39 is 12.1 Å². The lowest BCUT2D eigenvalue weighted by Crippen LogP contribution is -2.24. The lowest BCUT2D eigenvalue weighted by atomic mass is 10.1. The Labute approximate surface area is 140 Å². The molecule has 0 saturated carbocycles. The molecule has 23 heavy (non-hydrogen) atoms. The average molecular weight is 329 g/mol. The number of rotatable bonds is 6. The summed E-state index contributed by atoms with van der Waals surface area (Å²) in [4.78, 5) is 11.2. The van der Waals surface area contributed by atoms with Crippen molar-refractivity contribution in [3.8, 4) is 11.8 Å². The average Bonchev–Trinajstić information content (AvgIpc) is 2.56. The molecule has 1 N–H and O–H groups in total. The van der Waals surface area contributed by atoms with Crippen molar-refractivity contribution in [2.24, 2.45) is 0 Å². The van der Waals surface area contributed by atoms with E-state index in [0.717, 1.165) is 11.1 Å². The molecule has 0 radical (unpaired) electrons. The van der Waals surface area contributed by atoms with E-state index in [-0.39, 0.29) is 6.42 Å². The Kier molecular flexibility index (Phi) is 6.68. The molecule has 4 heteroatoms. The molecule has 0 aromatic heterocycles. The monoisotopic (exact) mass is 328 g/mol. The van der Waals surface area contributed by atoms with E-state index in [2.05, 4.69) is 11.8 Å². The summed E-state index contributed by atoms with van der Waals surface area (Å²) >= 11 is 5.80. The maximum Gasteiger partial charge on any atom is 0.333 e. The van der Waals surface area contributed by atoms with Gasteiger partial charge in [-0.1, -0.05) is 53.8 Å². The molecule has 2 aromatic carbocycles. The molecule has 2 aromatic rings. The van der Waals surface area contributed by atoms with Gasteiger partial charge in [-0.15, -0.1) is 0 Å².